The van der Waals surface area contributed by atoms with Gasteiger partial charge < -0.3 is 9.32 Å². The molecule has 9 aromatic carbocycles. The summed E-state index contributed by atoms with van der Waals surface area (Å²) in [5.41, 5.74) is 17.5. The van der Waals surface area contributed by atoms with E-state index >= 15 is 0 Å². The van der Waals surface area contributed by atoms with Crippen LogP contribution in [0, 0.1) is 0 Å². The van der Waals surface area contributed by atoms with E-state index in [2.05, 4.69) is 205 Å². The summed E-state index contributed by atoms with van der Waals surface area (Å²) in [7, 11) is 0. The molecular formula is C53H33NO. The van der Waals surface area contributed by atoms with Crippen LogP contribution >= 0.6 is 0 Å². The highest BCUT2D eigenvalue weighted by Crippen LogP contribution is 2.64. The van der Waals surface area contributed by atoms with Gasteiger partial charge >= 0.3 is 0 Å². The second kappa shape index (κ2) is 11.4. The smallest absolute Gasteiger partial charge is 0.137 e. The number of hydrogen-bond donors (Lipinski definition) is 0. The second-order valence-electron chi connectivity index (χ2n) is 14.8. The minimum absolute atomic E-state index is 0.429. The first-order valence-corrected chi connectivity index (χ1v) is 19.0. The van der Waals surface area contributed by atoms with Crippen LogP contribution in [0.15, 0.2) is 205 Å². The maximum Gasteiger partial charge on any atom is 0.137 e. The fourth-order valence-corrected chi connectivity index (χ4v) is 9.85. The summed E-state index contributed by atoms with van der Waals surface area (Å²) in [6.07, 6.45) is 0. The van der Waals surface area contributed by atoms with Crippen molar-refractivity contribution < 1.29 is 4.42 Å². The van der Waals surface area contributed by atoms with Gasteiger partial charge in [-0.2, -0.15) is 0 Å². The lowest BCUT2D eigenvalue weighted by molar-refractivity contribution is 0.669. The summed E-state index contributed by atoms with van der Waals surface area (Å²) < 4.78 is 6.68. The Morgan fingerprint density at radius 3 is 1.75 bits per heavy atom. The molecule has 0 saturated carbocycles. The largest absolute Gasteiger partial charge is 0.456 e. The number of furan rings is 1. The molecule has 2 heteroatoms. The minimum Gasteiger partial charge on any atom is -0.456 e. The average Bonchev–Trinajstić information content (AvgIpc) is 3.89. The van der Waals surface area contributed by atoms with Crippen LogP contribution in [0.4, 0.5) is 17.1 Å². The first-order valence-electron chi connectivity index (χ1n) is 19.0. The summed E-state index contributed by atoms with van der Waals surface area (Å²) in [5.74, 6) is 0. The van der Waals surface area contributed by atoms with E-state index in [1.165, 1.54) is 66.4 Å². The van der Waals surface area contributed by atoms with E-state index in [1.807, 2.05) is 0 Å². The summed E-state index contributed by atoms with van der Waals surface area (Å²) in [5, 5.41) is 4.70. The molecule has 1 aromatic heterocycles. The Morgan fingerprint density at radius 1 is 0.382 bits per heavy atom. The Kier molecular flexibility index (Phi) is 6.29. The van der Waals surface area contributed by atoms with Crippen molar-refractivity contribution in [2.75, 3.05) is 4.90 Å². The van der Waals surface area contributed by atoms with Gasteiger partial charge in [0.25, 0.3) is 0 Å². The van der Waals surface area contributed by atoms with Crippen molar-refractivity contribution >= 4 is 49.8 Å². The molecule has 256 valence electrons. The Hall–Kier alpha value is -7.16. The lowest BCUT2D eigenvalue weighted by Gasteiger charge is -2.31. The third kappa shape index (κ3) is 4.14. The Morgan fingerprint density at radius 2 is 0.982 bits per heavy atom. The maximum atomic E-state index is 6.68. The fourth-order valence-electron chi connectivity index (χ4n) is 9.85. The van der Waals surface area contributed by atoms with Crippen LogP contribution in [0.25, 0.3) is 66.1 Å². The van der Waals surface area contributed by atoms with Crippen molar-refractivity contribution in [2.45, 2.75) is 5.41 Å². The molecule has 2 nitrogen and oxygen atoms in total. The molecule has 0 fully saturated rings. The van der Waals surface area contributed by atoms with Gasteiger partial charge in [-0.25, -0.2) is 0 Å². The Bertz CT molecular complexity index is 3110. The zero-order chi connectivity index (χ0) is 36.1. The van der Waals surface area contributed by atoms with Crippen molar-refractivity contribution in [3.8, 4) is 33.4 Å². The van der Waals surface area contributed by atoms with E-state index in [0.29, 0.717) is 0 Å². The first kappa shape index (κ1) is 30.3. The van der Waals surface area contributed by atoms with E-state index in [-0.39, 0.29) is 0 Å². The van der Waals surface area contributed by atoms with Gasteiger partial charge in [0, 0.05) is 33.8 Å². The van der Waals surface area contributed by atoms with Gasteiger partial charge in [-0.1, -0.05) is 158 Å². The third-order valence-electron chi connectivity index (χ3n) is 12.1. The molecule has 1 heterocycles. The van der Waals surface area contributed by atoms with Crippen LogP contribution in [0.5, 0.6) is 0 Å². The SMILES string of the molecule is c1ccc(-c2ccc(N(c3ccc4c(c3)oc3ccc5ccccc5c34)c3cccc4c3-c3ccccc3C43c4ccccc4-c4ccccc43)cc2)cc1. The molecule has 0 atom stereocenters. The molecule has 0 aliphatic heterocycles. The van der Waals surface area contributed by atoms with E-state index in [1.54, 1.807) is 0 Å². The normalized spacial score (nSPS) is 13.2. The quantitative estimate of drug-likeness (QED) is 0.182. The zero-order valence-electron chi connectivity index (χ0n) is 29.9. The molecule has 2 aliphatic carbocycles. The monoisotopic (exact) mass is 699 g/mol. The van der Waals surface area contributed by atoms with Crippen molar-refractivity contribution in [2.24, 2.45) is 0 Å². The number of fused-ring (bicyclic) bond motifs is 15. The van der Waals surface area contributed by atoms with Crippen molar-refractivity contribution in [3.63, 3.8) is 0 Å². The molecule has 0 saturated heterocycles. The first-order chi connectivity index (χ1) is 27.3. The Balaban J connectivity index is 1.13. The number of hydrogen-bond acceptors (Lipinski definition) is 2. The predicted molar refractivity (Wildman–Crippen MR) is 228 cm³/mol. The molecule has 0 unspecified atom stereocenters. The fraction of sp³-hybridized carbons (Fsp3) is 0.0189. The highest BCUT2D eigenvalue weighted by Gasteiger charge is 2.52. The van der Waals surface area contributed by atoms with Crippen LogP contribution in [0.2, 0.25) is 0 Å². The lowest BCUT2D eigenvalue weighted by Crippen LogP contribution is -2.26. The predicted octanol–water partition coefficient (Wildman–Crippen LogP) is 14.2. The topological polar surface area (TPSA) is 16.4 Å². The summed E-state index contributed by atoms with van der Waals surface area (Å²) >= 11 is 0. The van der Waals surface area contributed by atoms with E-state index in [0.717, 1.165) is 39.0 Å². The van der Waals surface area contributed by atoms with Crippen LogP contribution in [-0.2, 0) is 5.41 Å². The van der Waals surface area contributed by atoms with E-state index in [4.69, 9.17) is 4.42 Å². The van der Waals surface area contributed by atoms with Gasteiger partial charge in [0.2, 0.25) is 0 Å². The number of benzene rings is 9. The molecular weight excluding hydrogens is 667 g/mol. The van der Waals surface area contributed by atoms with Gasteiger partial charge in [-0.05, 0) is 97.2 Å². The summed E-state index contributed by atoms with van der Waals surface area (Å²) in [4.78, 5) is 2.43. The highest BCUT2D eigenvalue weighted by molar-refractivity contribution is 6.19. The Labute approximate surface area is 319 Å². The molecule has 0 bridgehead atoms. The molecule has 12 rings (SSSR count). The summed E-state index contributed by atoms with van der Waals surface area (Å²) in [6, 6.07) is 73.1. The standard InChI is InChI=1S/C53H33NO/c1-2-13-34(14-3-1)35-25-28-37(29-26-35)54(38-30-31-43-50(33-38)55-49-32-27-36-15-4-5-16-39(36)51(43)49)48-24-12-23-47-52(48)42-19-8-11-22-46(42)53(47)44-20-9-6-17-40(44)41-18-7-10-21-45(41)53/h1-33H. The van der Waals surface area contributed by atoms with Gasteiger partial charge in [-0.3, -0.25) is 0 Å². The zero-order valence-corrected chi connectivity index (χ0v) is 29.9. The molecule has 55 heavy (non-hydrogen) atoms. The lowest BCUT2D eigenvalue weighted by atomic mass is 9.70. The van der Waals surface area contributed by atoms with E-state index < -0.39 is 5.41 Å². The van der Waals surface area contributed by atoms with Gasteiger partial charge in [0.1, 0.15) is 11.2 Å². The van der Waals surface area contributed by atoms with Crippen LogP contribution in [0.3, 0.4) is 0 Å². The van der Waals surface area contributed by atoms with Gasteiger partial charge in [0.05, 0.1) is 11.1 Å². The summed E-state index contributed by atoms with van der Waals surface area (Å²) in [6.45, 7) is 0. The minimum atomic E-state index is -0.429. The molecule has 0 amide bonds. The molecule has 0 N–H and O–H groups in total. The van der Waals surface area contributed by atoms with Crippen molar-refractivity contribution in [1.29, 1.82) is 0 Å². The van der Waals surface area contributed by atoms with Gasteiger partial charge in [0.15, 0.2) is 0 Å². The molecule has 10 aromatic rings. The second-order valence-corrected chi connectivity index (χ2v) is 14.8. The maximum absolute atomic E-state index is 6.68. The number of anilines is 3. The van der Waals surface area contributed by atoms with Crippen LogP contribution < -0.4 is 4.90 Å². The third-order valence-corrected chi connectivity index (χ3v) is 12.1. The number of nitrogens with zero attached hydrogens (tertiary/aromatic N) is 1. The van der Waals surface area contributed by atoms with Crippen LogP contribution in [-0.4, -0.2) is 0 Å². The number of rotatable bonds is 4. The molecule has 1 spiro atoms. The van der Waals surface area contributed by atoms with Crippen LogP contribution in [0.1, 0.15) is 22.3 Å². The highest BCUT2D eigenvalue weighted by atomic mass is 16.3. The van der Waals surface area contributed by atoms with Gasteiger partial charge in [-0.15, -0.1) is 0 Å². The van der Waals surface area contributed by atoms with Crippen molar-refractivity contribution in [1.82, 2.24) is 0 Å². The molecule has 2 aliphatic rings. The van der Waals surface area contributed by atoms with E-state index in [9.17, 15) is 0 Å². The van der Waals surface area contributed by atoms with Crippen molar-refractivity contribution in [3.05, 3.63) is 222 Å². The molecule has 0 radical (unpaired) electrons. The average molecular weight is 700 g/mol.